The van der Waals surface area contributed by atoms with Gasteiger partial charge in [0.15, 0.2) is 17.4 Å². The van der Waals surface area contributed by atoms with Crippen molar-refractivity contribution in [1.29, 1.82) is 0 Å². The number of benzene rings is 1. The van der Waals surface area contributed by atoms with Crippen LogP contribution in [0.3, 0.4) is 0 Å². The van der Waals surface area contributed by atoms with E-state index in [1.54, 1.807) is 0 Å². The maximum atomic E-state index is 12.7. The highest BCUT2D eigenvalue weighted by atomic mass is 19.2. The quantitative estimate of drug-likeness (QED) is 0.517. The third kappa shape index (κ3) is 1.74. The van der Waals surface area contributed by atoms with E-state index in [1.165, 1.54) is 0 Å². The summed E-state index contributed by atoms with van der Waals surface area (Å²) in [7, 11) is 0. The summed E-state index contributed by atoms with van der Waals surface area (Å²) < 4.78 is 54.6. The molecule has 1 aromatic carbocycles. The molecule has 0 saturated heterocycles. The van der Waals surface area contributed by atoms with E-state index in [9.17, 15) is 17.6 Å². The van der Waals surface area contributed by atoms with E-state index in [4.69, 9.17) is 0 Å². The Morgan fingerprint density at radius 2 is 1.54 bits per heavy atom. The predicted molar refractivity (Wildman–Crippen MR) is 37.1 cm³/mol. The van der Waals surface area contributed by atoms with Gasteiger partial charge in [0.2, 0.25) is 11.6 Å². The van der Waals surface area contributed by atoms with Crippen LogP contribution < -0.4 is 4.74 Å². The van der Waals surface area contributed by atoms with E-state index in [0.717, 1.165) is 0 Å². The van der Waals surface area contributed by atoms with Gasteiger partial charge in [-0.25, -0.2) is 8.78 Å². The van der Waals surface area contributed by atoms with Gasteiger partial charge in [0.05, 0.1) is 6.61 Å². The molecule has 0 N–H and O–H groups in total. The Labute approximate surface area is 71.9 Å². The molecule has 5 heteroatoms. The minimum atomic E-state index is -1.55. The summed E-state index contributed by atoms with van der Waals surface area (Å²) in [5, 5.41) is 0. The molecule has 0 aromatic heterocycles. The van der Waals surface area contributed by atoms with Gasteiger partial charge >= 0.3 is 0 Å². The highest BCUT2D eigenvalue weighted by molar-refractivity contribution is 5.28. The molecule has 0 unspecified atom stereocenters. The Morgan fingerprint density at radius 3 is 1.92 bits per heavy atom. The molecule has 0 bridgehead atoms. The van der Waals surface area contributed by atoms with Crippen LogP contribution in [0.4, 0.5) is 17.6 Å². The van der Waals surface area contributed by atoms with E-state index in [2.05, 4.69) is 11.7 Å². The minimum Gasteiger partial charge on any atom is -0.487 e. The minimum absolute atomic E-state index is 0.112. The lowest BCUT2D eigenvalue weighted by Gasteiger charge is -2.06. The number of hydrogen-bond acceptors (Lipinski definition) is 1. The number of ether oxygens (including phenoxy) is 1. The van der Waals surface area contributed by atoms with Crippen molar-refractivity contribution in [3.8, 4) is 5.75 Å². The molecule has 0 atom stereocenters. The summed E-state index contributed by atoms with van der Waals surface area (Å²) in [5.41, 5.74) is 0. The zero-order chi connectivity index (χ0) is 10.0. The van der Waals surface area contributed by atoms with Crippen molar-refractivity contribution in [3.05, 3.63) is 36.3 Å². The second-order valence-corrected chi connectivity index (χ2v) is 2.15. The summed E-state index contributed by atoms with van der Waals surface area (Å²) in [6, 6.07) is 0.112. The number of halogens is 4. The first kappa shape index (κ1) is 9.83. The van der Waals surface area contributed by atoms with Crippen molar-refractivity contribution in [2.45, 2.75) is 0 Å². The number of hydrogen-bond donors (Lipinski definition) is 0. The van der Waals surface area contributed by atoms with Crippen molar-refractivity contribution in [2.24, 2.45) is 0 Å². The molecule has 0 aliphatic rings. The van der Waals surface area contributed by atoms with E-state index in [0.29, 0.717) is 0 Å². The highest BCUT2D eigenvalue weighted by Gasteiger charge is 2.19. The molecule has 0 saturated carbocycles. The van der Waals surface area contributed by atoms with Gasteiger partial charge in [-0.3, -0.25) is 0 Å². The highest BCUT2D eigenvalue weighted by Crippen LogP contribution is 2.26. The maximum Gasteiger partial charge on any atom is 0.203 e. The van der Waals surface area contributed by atoms with Crippen molar-refractivity contribution < 1.29 is 22.3 Å². The van der Waals surface area contributed by atoms with Gasteiger partial charge in [0.1, 0.15) is 0 Å². The third-order valence-corrected chi connectivity index (χ3v) is 1.32. The predicted octanol–water partition coefficient (Wildman–Crippen LogP) is 2.46. The first-order valence-electron chi connectivity index (χ1n) is 3.33. The molecule has 0 spiro atoms. The largest absolute Gasteiger partial charge is 0.487 e. The van der Waals surface area contributed by atoms with Crippen molar-refractivity contribution in [1.82, 2.24) is 0 Å². The summed E-state index contributed by atoms with van der Waals surface area (Å²) in [5.74, 6) is -7.18. The first-order valence-corrected chi connectivity index (χ1v) is 3.33. The standard InChI is InChI=1S/C8H5F4O/c1-2-13-8-6(11)4(9)3-5(10)7(8)12/h3H,1-2H2. The summed E-state index contributed by atoms with van der Waals surface area (Å²) in [6.45, 7) is 2.80. The molecular formula is C8H5F4O. The van der Waals surface area contributed by atoms with Crippen LogP contribution in [0.5, 0.6) is 5.75 Å². The lowest BCUT2D eigenvalue weighted by Crippen LogP contribution is -2.02. The maximum absolute atomic E-state index is 12.7. The van der Waals surface area contributed by atoms with Gasteiger partial charge in [0, 0.05) is 6.07 Å². The average molecular weight is 193 g/mol. The Morgan fingerprint density at radius 1 is 1.08 bits per heavy atom. The lowest BCUT2D eigenvalue weighted by atomic mass is 10.3. The van der Waals surface area contributed by atoms with Crippen LogP contribution in [0, 0.1) is 30.2 Å². The van der Waals surface area contributed by atoms with Crippen LogP contribution in [-0.2, 0) is 0 Å². The Hall–Kier alpha value is -1.26. The van der Waals surface area contributed by atoms with Gasteiger partial charge in [-0.05, 0) is 6.92 Å². The molecule has 1 rings (SSSR count). The van der Waals surface area contributed by atoms with Crippen LogP contribution in [0.25, 0.3) is 0 Å². The molecule has 1 nitrogen and oxygen atoms in total. The Balaban J connectivity index is 3.28. The summed E-state index contributed by atoms with van der Waals surface area (Å²) in [6.07, 6.45) is 0. The van der Waals surface area contributed by atoms with E-state index in [1.807, 2.05) is 0 Å². The van der Waals surface area contributed by atoms with E-state index < -0.39 is 29.0 Å². The first-order chi connectivity index (χ1) is 6.07. The molecule has 0 aliphatic carbocycles. The lowest BCUT2D eigenvalue weighted by molar-refractivity contribution is 0.300. The Kier molecular flexibility index (Phi) is 2.75. The normalized spacial score (nSPS) is 10.2. The zero-order valence-corrected chi connectivity index (χ0v) is 6.41. The van der Waals surface area contributed by atoms with Crippen molar-refractivity contribution in [3.63, 3.8) is 0 Å². The molecule has 0 heterocycles. The molecule has 1 aromatic rings. The van der Waals surface area contributed by atoms with Crippen LogP contribution in [-0.4, -0.2) is 6.61 Å². The van der Waals surface area contributed by atoms with E-state index >= 15 is 0 Å². The SMILES string of the molecule is [CH2]COc1c(F)c(F)cc(F)c1F. The van der Waals surface area contributed by atoms with Crippen LogP contribution in [0.2, 0.25) is 0 Å². The fraction of sp³-hybridized carbons (Fsp3) is 0.125. The number of rotatable bonds is 2. The second kappa shape index (κ2) is 3.64. The van der Waals surface area contributed by atoms with Gasteiger partial charge in [-0.1, -0.05) is 0 Å². The average Bonchev–Trinajstić information content (AvgIpc) is 2.09. The molecule has 0 fully saturated rings. The fourth-order valence-corrected chi connectivity index (χ4v) is 0.780. The van der Waals surface area contributed by atoms with Crippen LogP contribution in [0.15, 0.2) is 6.07 Å². The smallest absolute Gasteiger partial charge is 0.203 e. The van der Waals surface area contributed by atoms with Crippen molar-refractivity contribution in [2.75, 3.05) is 6.61 Å². The molecule has 13 heavy (non-hydrogen) atoms. The zero-order valence-electron chi connectivity index (χ0n) is 6.41. The monoisotopic (exact) mass is 193 g/mol. The van der Waals surface area contributed by atoms with E-state index in [-0.39, 0.29) is 12.7 Å². The van der Waals surface area contributed by atoms with Crippen molar-refractivity contribution >= 4 is 0 Å². The van der Waals surface area contributed by atoms with Crippen LogP contribution in [0.1, 0.15) is 0 Å². The fourth-order valence-electron chi connectivity index (χ4n) is 0.780. The summed E-state index contributed by atoms with van der Waals surface area (Å²) >= 11 is 0. The summed E-state index contributed by atoms with van der Waals surface area (Å²) in [4.78, 5) is 0. The van der Waals surface area contributed by atoms with Crippen LogP contribution >= 0.6 is 0 Å². The second-order valence-electron chi connectivity index (χ2n) is 2.15. The molecule has 0 amide bonds. The third-order valence-electron chi connectivity index (χ3n) is 1.32. The molecule has 71 valence electrons. The van der Waals surface area contributed by atoms with Gasteiger partial charge in [-0.2, -0.15) is 8.78 Å². The topological polar surface area (TPSA) is 9.23 Å². The van der Waals surface area contributed by atoms with Gasteiger partial charge in [-0.15, -0.1) is 0 Å². The molecule has 0 aliphatic heterocycles. The molecule has 1 radical (unpaired) electrons. The van der Waals surface area contributed by atoms with Gasteiger partial charge in [0.25, 0.3) is 0 Å². The molecular weight excluding hydrogens is 188 g/mol. The van der Waals surface area contributed by atoms with Gasteiger partial charge < -0.3 is 4.74 Å². The Bertz CT molecular complexity index is 298.